The molecule has 0 saturated heterocycles. The fraction of sp³-hybridized carbons (Fsp3) is 0.308. The number of carbonyl (C=O) groups excluding carboxylic acids is 1. The molecule has 1 saturated carbocycles. The first-order valence-corrected chi connectivity index (χ1v) is 11.2. The fourth-order valence-corrected chi connectivity index (χ4v) is 4.16. The van der Waals surface area contributed by atoms with Crippen molar-refractivity contribution in [3.63, 3.8) is 0 Å². The Balaban J connectivity index is 1.50. The summed E-state index contributed by atoms with van der Waals surface area (Å²) >= 11 is 0. The SMILES string of the molecule is CC(C)C(CNC(=O)c1cc(C2CC2)nc2onc(-c3ccccc3)c12)c1cccnc1. The van der Waals surface area contributed by atoms with Crippen LogP contribution in [0.2, 0.25) is 0 Å². The van der Waals surface area contributed by atoms with E-state index in [0.717, 1.165) is 29.7 Å². The Kier molecular flexibility index (Phi) is 5.43. The van der Waals surface area contributed by atoms with Gasteiger partial charge in [0.15, 0.2) is 0 Å². The number of amides is 1. The zero-order chi connectivity index (χ0) is 22.1. The van der Waals surface area contributed by atoms with Gasteiger partial charge in [-0.2, -0.15) is 0 Å². The molecule has 1 N–H and O–H groups in total. The molecule has 6 heteroatoms. The predicted octanol–water partition coefficient (Wildman–Crippen LogP) is 5.33. The second-order valence-electron chi connectivity index (χ2n) is 8.79. The van der Waals surface area contributed by atoms with Crippen molar-refractivity contribution in [1.82, 2.24) is 20.4 Å². The molecule has 3 aromatic heterocycles. The molecule has 1 aliphatic carbocycles. The molecule has 6 nitrogen and oxygen atoms in total. The lowest BCUT2D eigenvalue weighted by Crippen LogP contribution is -2.30. The van der Waals surface area contributed by atoms with Gasteiger partial charge in [-0.25, -0.2) is 4.98 Å². The van der Waals surface area contributed by atoms with Crippen LogP contribution in [-0.2, 0) is 0 Å². The van der Waals surface area contributed by atoms with Crippen molar-refractivity contribution in [3.8, 4) is 11.3 Å². The van der Waals surface area contributed by atoms with Gasteiger partial charge in [0.1, 0.15) is 5.69 Å². The van der Waals surface area contributed by atoms with E-state index in [0.29, 0.717) is 40.7 Å². The number of benzene rings is 1. The second-order valence-corrected chi connectivity index (χ2v) is 8.79. The van der Waals surface area contributed by atoms with E-state index in [1.54, 1.807) is 6.20 Å². The smallest absolute Gasteiger partial charge is 0.259 e. The van der Waals surface area contributed by atoms with Crippen LogP contribution < -0.4 is 5.32 Å². The number of aromatic nitrogens is 3. The van der Waals surface area contributed by atoms with Crippen LogP contribution in [0, 0.1) is 5.92 Å². The molecule has 0 bridgehead atoms. The summed E-state index contributed by atoms with van der Waals surface area (Å²) in [4.78, 5) is 22.4. The van der Waals surface area contributed by atoms with Crippen molar-refractivity contribution >= 4 is 17.0 Å². The summed E-state index contributed by atoms with van der Waals surface area (Å²) in [7, 11) is 0. The number of nitrogens with zero attached hydrogens (tertiary/aromatic N) is 3. The molecular formula is C26H26N4O2. The van der Waals surface area contributed by atoms with Crippen molar-refractivity contribution in [1.29, 1.82) is 0 Å². The Morgan fingerprint density at radius 3 is 2.66 bits per heavy atom. The van der Waals surface area contributed by atoms with Crippen molar-refractivity contribution in [3.05, 3.63) is 77.7 Å². The predicted molar refractivity (Wildman–Crippen MR) is 123 cm³/mol. The Labute approximate surface area is 187 Å². The van der Waals surface area contributed by atoms with Crippen LogP contribution in [0.3, 0.4) is 0 Å². The van der Waals surface area contributed by atoms with Crippen molar-refractivity contribution in [2.45, 2.75) is 38.5 Å². The summed E-state index contributed by atoms with van der Waals surface area (Å²) in [6.45, 7) is 4.84. The molecule has 32 heavy (non-hydrogen) atoms. The molecule has 162 valence electrons. The first-order valence-electron chi connectivity index (χ1n) is 11.2. The number of rotatable bonds is 7. The van der Waals surface area contributed by atoms with E-state index < -0.39 is 0 Å². The Morgan fingerprint density at radius 1 is 1.16 bits per heavy atom. The average Bonchev–Trinajstić information content (AvgIpc) is 3.58. The molecule has 0 radical (unpaired) electrons. The molecule has 1 unspecified atom stereocenters. The van der Waals surface area contributed by atoms with E-state index in [2.05, 4.69) is 40.4 Å². The topological polar surface area (TPSA) is 80.9 Å². The molecule has 3 heterocycles. The zero-order valence-electron chi connectivity index (χ0n) is 18.3. The lowest BCUT2D eigenvalue weighted by Gasteiger charge is -2.21. The number of hydrogen-bond acceptors (Lipinski definition) is 5. The summed E-state index contributed by atoms with van der Waals surface area (Å²) in [5.74, 6) is 0.794. The van der Waals surface area contributed by atoms with E-state index in [1.165, 1.54) is 0 Å². The molecule has 1 atom stereocenters. The maximum absolute atomic E-state index is 13.5. The molecule has 5 rings (SSSR count). The largest absolute Gasteiger partial charge is 0.351 e. The van der Waals surface area contributed by atoms with Crippen LogP contribution in [0.5, 0.6) is 0 Å². The van der Waals surface area contributed by atoms with Crippen molar-refractivity contribution < 1.29 is 9.32 Å². The maximum Gasteiger partial charge on any atom is 0.259 e. The van der Waals surface area contributed by atoms with Crippen LogP contribution in [0.25, 0.3) is 22.4 Å². The number of hydrogen-bond donors (Lipinski definition) is 1. The summed E-state index contributed by atoms with van der Waals surface area (Å²) in [6, 6.07) is 15.7. The molecular weight excluding hydrogens is 400 g/mol. The Bertz CT molecular complexity index is 1230. The van der Waals surface area contributed by atoms with E-state index in [4.69, 9.17) is 4.52 Å². The first-order chi connectivity index (χ1) is 15.6. The van der Waals surface area contributed by atoms with E-state index in [-0.39, 0.29) is 11.8 Å². The summed E-state index contributed by atoms with van der Waals surface area (Å²) in [6.07, 6.45) is 5.83. The van der Waals surface area contributed by atoms with Gasteiger partial charge in [-0.05, 0) is 36.5 Å². The van der Waals surface area contributed by atoms with Gasteiger partial charge < -0.3 is 9.84 Å². The standard InChI is InChI=1S/C26H26N4O2/c1-16(2)21(19-9-6-12-27-14-19)15-28-25(31)20-13-22(17-10-11-17)29-26-23(20)24(30-32-26)18-7-4-3-5-8-18/h3-9,12-14,16-17,21H,10-11,15H2,1-2H3,(H,28,31). The van der Waals surface area contributed by atoms with E-state index in [1.807, 2.05) is 48.7 Å². The van der Waals surface area contributed by atoms with Gasteiger partial charge in [0.2, 0.25) is 0 Å². The Hall–Kier alpha value is -3.54. The molecule has 0 aliphatic heterocycles. The summed E-state index contributed by atoms with van der Waals surface area (Å²) < 4.78 is 5.60. The highest BCUT2D eigenvalue weighted by molar-refractivity contribution is 6.09. The van der Waals surface area contributed by atoms with E-state index >= 15 is 0 Å². The van der Waals surface area contributed by atoms with Crippen molar-refractivity contribution in [2.75, 3.05) is 6.54 Å². The van der Waals surface area contributed by atoms with Crippen LogP contribution in [0.4, 0.5) is 0 Å². The monoisotopic (exact) mass is 426 g/mol. The first kappa shape index (κ1) is 20.4. The summed E-state index contributed by atoms with van der Waals surface area (Å²) in [5, 5.41) is 8.10. The van der Waals surface area contributed by atoms with Crippen LogP contribution in [0.15, 0.2) is 65.4 Å². The van der Waals surface area contributed by atoms with Gasteiger partial charge in [0.25, 0.3) is 11.6 Å². The van der Waals surface area contributed by atoms with Gasteiger partial charge >= 0.3 is 0 Å². The average molecular weight is 427 g/mol. The number of pyridine rings is 2. The number of fused-ring (bicyclic) bond motifs is 1. The van der Waals surface area contributed by atoms with Crippen LogP contribution >= 0.6 is 0 Å². The minimum Gasteiger partial charge on any atom is -0.351 e. The minimum absolute atomic E-state index is 0.130. The van der Waals surface area contributed by atoms with Gasteiger partial charge in [-0.15, -0.1) is 0 Å². The quantitative estimate of drug-likeness (QED) is 0.432. The number of carbonyl (C=O) groups is 1. The third kappa shape index (κ3) is 4.00. The lowest BCUT2D eigenvalue weighted by atomic mass is 9.89. The lowest BCUT2D eigenvalue weighted by molar-refractivity contribution is 0.0950. The van der Waals surface area contributed by atoms with Crippen LogP contribution in [-0.4, -0.2) is 27.6 Å². The second kappa shape index (κ2) is 8.54. The molecule has 4 aromatic rings. The van der Waals surface area contributed by atoms with Crippen LogP contribution in [0.1, 0.15) is 60.1 Å². The normalized spacial score (nSPS) is 14.6. The van der Waals surface area contributed by atoms with Gasteiger partial charge in [-0.1, -0.05) is 55.4 Å². The molecule has 1 aliphatic rings. The third-order valence-corrected chi connectivity index (χ3v) is 6.15. The van der Waals surface area contributed by atoms with E-state index in [9.17, 15) is 4.79 Å². The highest BCUT2D eigenvalue weighted by Crippen LogP contribution is 2.41. The molecule has 1 aromatic carbocycles. The zero-order valence-corrected chi connectivity index (χ0v) is 18.3. The third-order valence-electron chi connectivity index (χ3n) is 6.15. The molecule has 1 fully saturated rings. The molecule has 1 amide bonds. The highest BCUT2D eigenvalue weighted by Gasteiger charge is 2.29. The summed E-state index contributed by atoms with van der Waals surface area (Å²) in [5.41, 5.74) is 4.57. The van der Waals surface area contributed by atoms with Crippen molar-refractivity contribution in [2.24, 2.45) is 5.92 Å². The Morgan fingerprint density at radius 2 is 1.97 bits per heavy atom. The maximum atomic E-state index is 13.5. The van der Waals surface area contributed by atoms with Gasteiger partial charge in [0.05, 0.1) is 10.9 Å². The van der Waals surface area contributed by atoms with Gasteiger partial charge in [-0.3, -0.25) is 9.78 Å². The highest BCUT2D eigenvalue weighted by atomic mass is 16.5. The number of nitrogens with one attached hydrogen (secondary N) is 1. The molecule has 0 spiro atoms. The van der Waals surface area contributed by atoms with Gasteiger partial charge in [0, 0.05) is 42.0 Å². The fourth-order valence-electron chi connectivity index (χ4n) is 4.16. The minimum atomic E-state index is -0.130.